The van der Waals surface area contributed by atoms with Gasteiger partial charge in [-0.05, 0) is 35.9 Å². The molecule has 0 amide bonds. The normalized spacial score (nSPS) is 14.2. The minimum absolute atomic E-state index is 0. The lowest BCUT2D eigenvalue weighted by Gasteiger charge is -2.27. The van der Waals surface area contributed by atoms with Gasteiger partial charge >= 0.3 is 6.01 Å². The average Bonchev–Trinajstić information content (AvgIpc) is 3.21. The number of nitrogens with zero attached hydrogens (tertiary/aromatic N) is 5. The monoisotopic (exact) mass is 452 g/mol. The van der Waals surface area contributed by atoms with Crippen LogP contribution in [-0.4, -0.2) is 63.1 Å². The molecule has 0 aliphatic carbocycles. The van der Waals surface area contributed by atoms with Crippen LogP contribution in [0, 0.1) is 0 Å². The van der Waals surface area contributed by atoms with Crippen LogP contribution in [0.3, 0.4) is 0 Å². The van der Waals surface area contributed by atoms with Gasteiger partial charge in [-0.15, -0.1) is 12.4 Å². The molecule has 9 nitrogen and oxygen atoms in total. The van der Waals surface area contributed by atoms with E-state index in [1.54, 1.807) is 13.3 Å². The van der Waals surface area contributed by atoms with E-state index in [0.29, 0.717) is 12.0 Å². The van der Waals surface area contributed by atoms with Crippen molar-refractivity contribution < 1.29 is 4.74 Å². The molecular formula is C22H25ClN8O. The zero-order valence-electron chi connectivity index (χ0n) is 17.7. The summed E-state index contributed by atoms with van der Waals surface area (Å²) in [5.41, 5.74) is 4.76. The minimum atomic E-state index is 0. The fraction of sp³-hybridized carbons (Fsp3) is 0.273. The summed E-state index contributed by atoms with van der Waals surface area (Å²) in [7, 11) is 1.56. The number of ether oxygens (including phenoxy) is 1. The van der Waals surface area contributed by atoms with E-state index >= 15 is 0 Å². The molecule has 0 bridgehead atoms. The summed E-state index contributed by atoms with van der Waals surface area (Å²) in [6.07, 6.45) is 3.52. The third kappa shape index (κ3) is 4.96. The number of imidazole rings is 1. The second-order valence-corrected chi connectivity index (χ2v) is 7.45. The third-order valence-corrected chi connectivity index (χ3v) is 5.28. The molecule has 0 radical (unpaired) electrons. The first-order chi connectivity index (χ1) is 15.3. The van der Waals surface area contributed by atoms with E-state index in [0.717, 1.165) is 60.8 Å². The van der Waals surface area contributed by atoms with Crippen molar-refractivity contribution in [2.24, 2.45) is 0 Å². The second-order valence-electron chi connectivity index (χ2n) is 7.45. The van der Waals surface area contributed by atoms with Gasteiger partial charge in [-0.1, -0.05) is 6.07 Å². The Morgan fingerprint density at radius 1 is 1.03 bits per heavy atom. The highest BCUT2D eigenvalue weighted by Crippen LogP contribution is 2.24. The molecule has 1 aliphatic rings. The maximum Gasteiger partial charge on any atom is 0.316 e. The number of pyridine rings is 1. The molecule has 4 aromatic rings. The van der Waals surface area contributed by atoms with Crippen LogP contribution in [0.2, 0.25) is 0 Å². The van der Waals surface area contributed by atoms with Crippen LogP contribution in [0.5, 0.6) is 6.01 Å². The van der Waals surface area contributed by atoms with Gasteiger partial charge in [0.25, 0.3) is 0 Å². The van der Waals surface area contributed by atoms with Crippen LogP contribution < -0.4 is 15.4 Å². The lowest BCUT2D eigenvalue weighted by atomic mass is 10.1. The predicted molar refractivity (Wildman–Crippen MR) is 127 cm³/mol. The summed E-state index contributed by atoms with van der Waals surface area (Å²) >= 11 is 0. The molecule has 0 saturated carbocycles. The van der Waals surface area contributed by atoms with Gasteiger partial charge in [-0.3, -0.25) is 4.90 Å². The highest BCUT2D eigenvalue weighted by molar-refractivity contribution is 5.85. The highest BCUT2D eigenvalue weighted by Gasteiger charge is 2.11. The van der Waals surface area contributed by atoms with E-state index in [-0.39, 0.29) is 12.4 Å². The zero-order valence-corrected chi connectivity index (χ0v) is 18.5. The van der Waals surface area contributed by atoms with Crippen molar-refractivity contribution in [1.29, 1.82) is 0 Å². The maximum atomic E-state index is 5.13. The van der Waals surface area contributed by atoms with E-state index in [4.69, 9.17) is 4.74 Å². The average molecular weight is 453 g/mol. The number of piperazine rings is 1. The maximum absolute atomic E-state index is 5.13. The number of aromatic amines is 1. The number of methoxy groups -OCH3 is 1. The van der Waals surface area contributed by atoms with Gasteiger partial charge < -0.3 is 20.4 Å². The topological polar surface area (TPSA) is 104 Å². The van der Waals surface area contributed by atoms with E-state index in [1.165, 1.54) is 5.56 Å². The summed E-state index contributed by atoms with van der Waals surface area (Å²) in [6, 6.07) is 12.3. The molecule has 10 heteroatoms. The van der Waals surface area contributed by atoms with Gasteiger partial charge in [-0.25, -0.2) is 15.0 Å². The van der Waals surface area contributed by atoms with E-state index in [9.17, 15) is 0 Å². The predicted octanol–water partition coefficient (Wildman–Crippen LogP) is 2.99. The number of hydrogen-bond acceptors (Lipinski definition) is 8. The molecule has 1 fully saturated rings. The van der Waals surface area contributed by atoms with E-state index < -0.39 is 0 Å². The standard InChI is InChI=1S/C22H24N8O.ClH/c1-31-22-25-7-5-17(28-22)16-2-3-18-19(13-16)27-21(26-18)29-20-12-15(4-6-24-20)14-30-10-8-23-9-11-30;/h2-7,12-13,23H,8-11,14H2,1H3,(H2,24,26,27,29);1H. The van der Waals surface area contributed by atoms with Crippen LogP contribution >= 0.6 is 12.4 Å². The molecule has 1 aromatic carbocycles. The SMILES string of the molecule is COc1nccc(-c2ccc3nc(Nc4cc(CN5CCNCC5)ccn4)[nH]c3c2)n1.Cl. The number of rotatable bonds is 6. The molecule has 32 heavy (non-hydrogen) atoms. The number of H-pyrrole nitrogens is 1. The number of aromatic nitrogens is 5. The van der Waals surface area contributed by atoms with E-state index in [2.05, 4.69) is 52.6 Å². The Morgan fingerprint density at radius 3 is 2.72 bits per heavy atom. The van der Waals surface area contributed by atoms with Crippen molar-refractivity contribution in [3.05, 3.63) is 54.4 Å². The Kier molecular flexibility index (Phi) is 6.79. The van der Waals surface area contributed by atoms with Crippen molar-refractivity contribution in [2.45, 2.75) is 6.54 Å². The molecule has 3 aromatic heterocycles. The van der Waals surface area contributed by atoms with Crippen LogP contribution in [0.25, 0.3) is 22.3 Å². The van der Waals surface area contributed by atoms with Crippen molar-refractivity contribution in [3.8, 4) is 17.3 Å². The van der Waals surface area contributed by atoms with Crippen LogP contribution in [-0.2, 0) is 6.54 Å². The van der Waals surface area contributed by atoms with Crippen LogP contribution in [0.4, 0.5) is 11.8 Å². The molecule has 4 heterocycles. The first-order valence-corrected chi connectivity index (χ1v) is 10.3. The number of halogens is 1. The van der Waals surface area contributed by atoms with Crippen LogP contribution in [0.15, 0.2) is 48.8 Å². The summed E-state index contributed by atoms with van der Waals surface area (Å²) in [5.74, 6) is 1.42. The largest absolute Gasteiger partial charge is 0.467 e. The number of nitrogens with one attached hydrogen (secondary N) is 3. The van der Waals surface area contributed by atoms with Crippen LogP contribution in [0.1, 0.15) is 5.56 Å². The summed E-state index contributed by atoms with van der Waals surface area (Å²) < 4.78 is 5.13. The summed E-state index contributed by atoms with van der Waals surface area (Å²) in [6.45, 7) is 5.13. The number of benzene rings is 1. The summed E-state index contributed by atoms with van der Waals surface area (Å²) in [5, 5.41) is 6.68. The molecule has 1 aliphatic heterocycles. The van der Waals surface area contributed by atoms with E-state index in [1.807, 2.05) is 30.5 Å². The zero-order chi connectivity index (χ0) is 21.0. The Hall–Kier alpha value is -3.27. The van der Waals surface area contributed by atoms with Crippen molar-refractivity contribution in [3.63, 3.8) is 0 Å². The highest BCUT2D eigenvalue weighted by atomic mass is 35.5. The molecule has 0 atom stereocenters. The molecule has 5 rings (SSSR count). The van der Waals surface area contributed by atoms with Gasteiger partial charge in [0, 0.05) is 50.7 Å². The number of fused-ring (bicyclic) bond motifs is 1. The molecule has 166 valence electrons. The van der Waals surface area contributed by atoms with Crippen molar-refractivity contribution in [2.75, 3.05) is 38.6 Å². The van der Waals surface area contributed by atoms with Crippen molar-refractivity contribution >= 4 is 35.2 Å². The quantitative estimate of drug-likeness (QED) is 0.410. The summed E-state index contributed by atoms with van der Waals surface area (Å²) in [4.78, 5) is 23.3. The number of anilines is 2. The third-order valence-electron chi connectivity index (χ3n) is 5.28. The molecule has 3 N–H and O–H groups in total. The lowest BCUT2D eigenvalue weighted by molar-refractivity contribution is 0.233. The second kappa shape index (κ2) is 9.90. The first kappa shape index (κ1) is 21.9. The Bertz CT molecular complexity index is 1190. The minimum Gasteiger partial charge on any atom is -0.467 e. The van der Waals surface area contributed by atoms with Gasteiger partial charge in [0.15, 0.2) is 0 Å². The lowest BCUT2D eigenvalue weighted by Crippen LogP contribution is -2.42. The van der Waals surface area contributed by atoms with Gasteiger partial charge in [0.2, 0.25) is 5.95 Å². The first-order valence-electron chi connectivity index (χ1n) is 10.3. The molecule has 0 spiro atoms. The Labute approximate surface area is 192 Å². The van der Waals surface area contributed by atoms with Crippen molar-refractivity contribution in [1.82, 2.24) is 35.1 Å². The van der Waals surface area contributed by atoms with Gasteiger partial charge in [0.1, 0.15) is 5.82 Å². The molecule has 1 saturated heterocycles. The fourth-order valence-electron chi connectivity index (χ4n) is 3.72. The smallest absolute Gasteiger partial charge is 0.316 e. The Balaban J connectivity index is 0.00000245. The van der Waals surface area contributed by atoms with Gasteiger partial charge in [0.05, 0.1) is 23.8 Å². The van der Waals surface area contributed by atoms with Gasteiger partial charge in [-0.2, -0.15) is 4.98 Å². The fourth-order valence-corrected chi connectivity index (χ4v) is 3.72. The molecule has 0 unspecified atom stereocenters. The Morgan fingerprint density at radius 2 is 1.88 bits per heavy atom. The number of hydrogen-bond donors (Lipinski definition) is 3. The molecular weight excluding hydrogens is 428 g/mol.